The van der Waals surface area contributed by atoms with Crippen LogP contribution in [0, 0.1) is 5.82 Å². The quantitative estimate of drug-likeness (QED) is 0.720. The average molecular weight is 425 g/mol. The highest BCUT2D eigenvalue weighted by molar-refractivity contribution is 7.92. The molecule has 1 fully saturated rings. The molecule has 0 bridgehead atoms. The lowest BCUT2D eigenvalue weighted by atomic mass is 9.95. The van der Waals surface area contributed by atoms with Gasteiger partial charge in [-0.2, -0.15) is 0 Å². The summed E-state index contributed by atoms with van der Waals surface area (Å²) < 4.78 is 47.8. The molecule has 0 radical (unpaired) electrons. The van der Waals surface area contributed by atoms with Gasteiger partial charge in [-0.15, -0.1) is 12.4 Å². The number of carbonyl (C=O) groups is 1. The standard InChI is InChI=1S/C17H25FN2O5S.ClH/c1-11(12-9-14(24-2)15(25-3)10-13(12)18)20-16(21)17(26(4,22)23)5-7-19-8-6-17;/h9-11,19H,5-8H2,1-4H3,(H,20,21);1H. The molecular weight excluding hydrogens is 399 g/mol. The summed E-state index contributed by atoms with van der Waals surface area (Å²) in [6.45, 7) is 2.46. The van der Waals surface area contributed by atoms with Gasteiger partial charge in [0, 0.05) is 17.9 Å². The van der Waals surface area contributed by atoms with E-state index in [-0.39, 0.29) is 36.6 Å². The average Bonchev–Trinajstić information content (AvgIpc) is 2.60. The number of hydrogen-bond acceptors (Lipinski definition) is 6. The van der Waals surface area contributed by atoms with Crippen molar-refractivity contribution >= 4 is 28.2 Å². The highest BCUT2D eigenvalue weighted by Crippen LogP contribution is 2.33. The Bertz CT molecular complexity index is 782. The minimum absolute atomic E-state index is 0. The van der Waals surface area contributed by atoms with Gasteiger partial charge in [-0.05, 0) is 38.9 Å². The maximum Gasteiger partial charge on any atom is 0.242 e. The topological polar surface area (TPSA) is 93.7 Å². The van der Waals surface area contributed by atoms with Crippen molar-refractivity contribution in [3.05, 3.63) is 23.5 Å². The van der Waals surface area contributed by atoms with Gasteiger partial charge in [0.25, 0.3) is 0 Å². The first-order chi connectivity index (χ1) is 12.2. The molecule has 1 aromatic rings. The van der Waals surface area contributed by atoms with E-state index in [0.717, 1.165) is 6.26 Å². The first kappa shape index (κ1) is 23.5. The van der Waals surface area contributed by atoms with Crippen LogP contribution in [0.4, 0.5) is 4.39 Å². The molecule has 7 nitrogen and oxygen atoms in total. The second-order valence-corrected chi connectivity index (χ2v) is 8.77. The SMILES string of the molecule is COc1cc(F)c(C(C)NC(=O)C2(S(C)(=O)=O)CCNCC2)cc1OC.Cl. The number of piperidine rings is 1. The van der Waals surface area contributed by atoms with Crippen molar-refractivity contribution in [1.82, 2.24) is 10.6 Å². The lowest BCUT2D eigenvalue weighted by Crippen LogP contribution is -2.57. The monoisotopic (exact) mass is 424 g/mol. The fourth-order valence-corrected chi connectivity index (χ4v) is 4.55. The zero-order chi connectivity index (χ0) is 19.5. The Balaban J connectivity index is 0.00000364. The van der Waals surface area contributed by atoms with Crippen LogP contribution in [0.3, 0.4) is 0 Å². The summed E-state index contributed by atoms with van der Waals surface area (Å²) in [5.74, 6) is -0.625. The molecular formula is C17H26ClFN2O5S. The number of rotatable bonds is 6. The smallest absolute Gasteiger partial charge is 0.242 e. The highest BCUT2D eigenvalue weighted by atomic mass is 35.5. The second-order valence-electron chi connectivity index (χ2n) is 6.44. The Hall–Kier alpha value is -1.58. The van der Waals surface area contributed by atoms with Crippen LogP contribution in [0.25, 0.3) is 0 Å². The van der Waals surface area contributed by atoms with E-state index in [2.05, 4.69) is 10.6 Å². The molecule has 154 valence electrons. The molecule has 0 aliphatic carbocycles. The molecule has 0 saturated carbocycles. The van der Waals surface area contributed by atoms with Crippen molar-refractivity contribution in [1.29, 1.82) is 0 Å². The van der Waals surface area contributed by atoms with Gasteiger partial charge in [0.1, 0.15) is 5.82 Å². The van der Waals surface area contributed by atoms with Gasteiger partial charge >= 0.3 is 0 Å². The number of carbonyl (C=O) groups excluding carboxylic acids is 1. The van der Waals surface area contributed by atoms with E-state index in [1.165, 1.54) is 26.4 Å². The van der Waals surface area contributed by atoms with E-state index in [1.807, 2.05) is 0 Å². The van der Waals surface area contributed by atoms with Crippen LogP contribution in [0.1, 0.15) is 31.4 Å². The fourth-order valence-electron chi connectivity index (χ4n) is 3.20. The summed E-state index contributed by atoms with van der Waals surface area (Å²) in [6, 6.07) is 1.87. The molecule has 1 saturated heterocycles. The van der Waals surface area contributed by atoms with Crippen molar-refractivity contribution in [2.75, 3.05) is 33.6 Å². The number of halogens is 2. The molecule has 2 N–H and O–H groups in total. The van der Waals surface area contributed by atoms with Crippen LogP contribution in [0.2, 0.25) is 0 Å². The van der Waals surface area contributed by atoms with E-state index in [4.69, 9.17) is 9.47 Å². The maximum atomic E-state index is 14.4. The number of methoxy groups -OCH3 is 2. The van der Waals surface area contributed by atoms with Gasteiger partial charge < -0.3 is 20.1 Å². The summed E-state index contributed by atoms with van der Waals surface area (Å²) >= 11 is 0. The number of amides is 1. The van der Waals surface area contributed by atoms with E-state index in [1.54, 1.807) is 6.92 Å². The lowest BCUT2D eigenvalue weighted by Gasteiger charge is -2.35. The molecule has 1 atom stereocenters. The predicted molar refractivity (Wildman–Crippen MR) is 103 cm³/mol. The fraction of sp³-hybridized carbons (Fsp3) is 0.588. The highest BCUT2D eigenvalue weighted by Gasteiger charge is 2.49. The Labute approximate surface area is 165 Å². The van der Waals surface area contributed by atoms with E-state index in [9.17, 15) is 17.6 Å². The van der Waals surface area contributed by atoms with Gasteiger partial charge in [-0.3, -0.25) is 4.79 Å². The molecule has 27 heavy (non-hydrogen) atoms. The molecule has 2 rings (SSSR count). The molecule has 1 aromatic carbocycles. The normalized spacial score (nSPS) is 17.4. The summed E-state index contributed by atoms with van der Waals surface area (Å²) in [7, 11) is -0.814. The minimum atomic E-state index is -3.64. The molecule has 0 spiro atoms. The van der Waals surface area contributed by atoms with Crippen molar-refractivity contribution in [2.45, 2.75) is 30.6 Å². The third-order valence-corrected chi connectivity index (χ3v) is 6.86. The zero-order valence-electron chi connectivity index (χ0n) is 15.8. The van der Waals surface area contributed by atoms with E-state index in [0.29, 0.717) is 18.8 Å². The van der Waals surface area contributed by atoms with Gasteiger partial charge in [0.2, 0.25) is 5.91 Å². The third-order valence-electron chi connectivity index (χ3n) is 4.85. The van der Waals surface area contributed by atoms with Crippen LogP contribution < -0.4 is 20.1 Å². The minimum Gasteiger partial charge on any atom is -0.493 e. The Morgan fingerprint density at radius 3 is 2.22 bits per heavy atom. The first-order valence-electron chi connectivity index (χ1n) is 8.29. The first-order valence-corrected chi connectivity index (χ1v) is 10.2. The lowest BCUT2D eigenvalue weighted by molar-refractivity contribution is -0.125. The number of nitrogens with one attached hydrogen (secondary N) is 2. The van der Waals surface area contributed by atoms with Crippen molar-refractivity contribution in [3.8, 4) is 11.5 Å². The summed E-state index contributed by atoms with van der Waals surface area (Å²) in [4.78, 5) is 12.8. The van der Waals surface area contributed by atoms with Crippen molar-refractivity contribution in [3.63, 3.8) is 0 Å². The number of sulfone groups is 1. The van der Waals surface area contributed by atoms with Crippen LogP contribution in [-0.2, 0) is 14.6 Å². The zero-order valence-corrected chi connectivity index (χ0v) is 17.4. The van der Waals surface area contributed by atoms with Gasteiger partial charge in [0.05, 0.1) is 20.3 Å². The summed E-state index contributed by atoms with van der Waals surface area (Å²) in [6.07, 6.45) is 1.43. The molecule has 1 aliphatic heterocycles. The Morgan fingerprint density at radius 2 is 1.74 bits per heavy atom. The summed E-state index contributed by atoms with van der Waals surface area (Å²) in [5.41, 5.74) is 0.189. The molecule has 1 aliphatic rings. The van der Waals surface area contributed by atoms with Gasteiger partial charge in [0.15, 0.2) is 26.1 Å². The molecule has 1 amide bonds. The van der Waals surface area contributed by atoms with Crippen LogP contribution in [0.15, 0.2) is 12.1 Å². The van der Waals surface area contributed by atoms with E-state index < -0.39 is 32.4 Å². The van der Waals surface area contributed by atoms with Crippen LogP contribution in [-0.4, -0.2) is 52.6 Å². The molecule has 1 heterocycles. The number of ether oxygens (including phenoxy) is 2. The summed E-state index contributed by atoms with van der Waals surface area (Å²) in [5, 5.41) is 5.71. The van der Waals surface area contributed by atoms with Crippen molar-refractivity contribution in [2.24, 2.45) is 0 Å². The van der Waals surface area contributed by atoms with Crippen molar-refractivity contribution < 1.29 is 27.1 Å². The molecule has 0 aromatic heterocycles. The molecule has 1 unspecified atom stereocenters. The second kappa shape index (κ2) is 9.07. The molecule has 10 heteroatoms. The van der Waals surface area contributed by atoms with Crippen LogP contribution >= 0.6 is 12.4 Å². The van der Waals surface area contributed by atoms with E-state index >= 15 is 0 Å². The number of hydrogen-bond donors (Lipinski definition) is 2. The van der Waals surface area contributed by atoms with Crippen LogP contribution in [0.5, 0.6) is 11.5 Å². The maximum absolute atomic E-state index is 14.4. The van der Waals surface area contributed by atoms with Gasteiger partial charge in [-0.25, -0.2) is 12.8 Å². The predicted octanol–water partition coefficient (Wildman–Crippen LogP) is 1.61. The van der Waals surface area contributed by atoms with Gasteiger partial charge in [-0.1, -0.05) is 0 Å². The largest absolute Gasteiger partial charge is 0.493 e. The Kier molecular flexibility index (Phi) is 7.88. The number of benzene rings is 1. The Morgan fingerprint density at radius 1 is 1.22 bits per heavy atom. The third kappa shape index (κ3) is 4.64.